The van der Waals surface area contributed by atoms with Gasteiger partial charge in [-0.15, -0.1) is 0 Å². The number of hydrogen-bond acceptors (Lipinski definition) is 5. The number of carbonyl (C=O) groups is 2. The molecule has 6 N–H and O–H groups in total. The van der Waals surface area contributed by atoms with Crippen LogP contribution in [-0.4, -0.2) is 30.4 Å². The molecule has 0 aromatic heterocycles. The lowest BCUT2D eigenvalue weighted by Crippen LogP contribution is -2.28. The minimum atomic E-state index is -0.178. The van der Waals surface area contributed by atoms with Gasteiger partial charge in [0.25, 0.3) is 0 Å². The van der Waals surface area contributed by atoms with Crippen LogP contribution in [0.2, 0.25) is 0 Å². The lowest BCUT2D eigenvalue weighted by Gasteiger charge is -2.13. The van der Waals surface area contributed by atoms with Crippen LogP contribution in [0.3, 0.4) is 0 Å². The fourth-order valence-electron chi connectivity index (χ4n) is 2.13. The molecule has 7 heteroatoms. The second-order valence-corrected chi connectivity index (χ2v) is 5.66. The van der Waals surface area contributed by atoms with Gasteiger partial charge in [0.2, 0.25) is 11.8 Å². The van der Waals surface area contributed by atoms with Crippen LogP contribution in [0.4, 0.5) is 5.69 Å². The Bertz CT molecular complexity index is 609. The number of nitrogens with zero attached hydrogens (tertiary/aromatic N) is 1. The number of nitrogens with one attached hydrogen (secondary N) is 2. The first-order chi connectivity index (χ1) is 12.0. The zero-order valence-corrected chi connectivity index (χ0v) is 15.2. The van der Waals surface area contributed by atoms with E-state index in [2.05, 4.69) is 10.6 Å². The lowest BCUT2D eigenvalue weighted by atomic mass is 10.1. The van der Waals surface area contributed by atoms with Crippen LogP contribution in [0.5, 0.6) is 0 Å². The summed E-state index contributed by atoms with van der Waals surface area (Å²) in [6.45, 7) is 4.33. The number of nitrogens with two attached hydrogens (primary N) is 2. The first-order valence-electron chi connectivity index (χ1n) is 8.59. The van der Waals surface area contributed by atoms with Gasteiger partial charge < -0.3 is 21.4 Å². The summed E-state index contributed by atoms with van der Waals surface area (Å²) in [5.74, 6) is 5.56. The molecular weight excluding hydrogens is 318 g/mol. The summed E-state index contributed by atoms with van der Waals surface area (Å²) < 4.78 is 0. The van der Waals surface area contributed by atoms with Crippen LogP contribution in [0.25, 0.3) is 5.70 Å². The molecule has 1 aromatic carbocycles. The molecular formula is C18H29N5O2. The van der Waals surface area contributed by atoms with Crippen molar-refractivity contribution in [2.24, 2.45) is 17.5 Å². The minimum Gasteiger partial charge on any atom is -0.397 e. The number of carbonyl (C=O) groups excluding carboxylic acids is 2. The summed E-state index contributed by atoms with van der Waals surface area (Å²) in [5, 5.41) is 6.93. The summed E-state index contributed by atoms with van der Waals surface area (Å²) in [7, 11) is 1.66. The number of rotatable bonds is 7. The predicted molar refractivity (Wildman–Crippen MR) is 101 cm³/mol. The van der Waals surface area contributed by atoms with Crippen LogP contribution in [0, 0.1) is 5.92 Å². The molecule has 2 rings (SSSR count). The molecule has 1 aliphatic carbocycles. The molecule has 7 nitrogen and oxygen atoms in total. The molecule has 0 bridgehead atoms. The van der Waals surface area contributed by atoms with E-state index in [9.17, 15) is 9.59 Å². The van der Waals surface area contributed by atoms with E-state index in [0.717, 1.165) is 12.8 Å². The Balaban J connectivity index is 0.00000151. The first-order valence-corrected chi connectivity index (χ1v) is 8.59. The Kier molecular flexibility index (Phi) is 8.49. The van der Waals surface area contributed by atoms with Crippen LogP contribution in [0.1, 0.15) is 38.7 Å². The zero-order valence-electron chi connectivity index (χ0n) is 15.2. The van der Waals surface area contributed by atoms with E-state index in [0.29, 0.717) is 23.5 Å². The average Bonchev–Trinajstić information content (AvgIpc) is 3.41. The van der Waals surface area contributed by atoms with Crippen molar-refractivity contribution in [3.8, 4) is 0 Å². The lowest BCUT2D eigenvalue weighted by molar-refractivity contribution is -0.122. The quantitative estimate of drug-likeness (QED) is 0.442. The topological polar surface area (TPSA) is 113 Å². The molecule has 0 saturated heterocycles. The van der Waals surface area contributed by atoms with E-state index < -0.39 is 0 Å². The van der Waals surface area contributed by atoms with Gasteiger partial charge in [-0.25, -0.2) is 5.84 Å². The van der Waals surface area contributed by atoms with Crippen molar-refractivity contribution in [2.75, 3.05) is 18.9 Å². The Labute approximate surface area is 149 Å². The van der Waals surface area contributed by atoms with Crippen LogP contribution < -0.4 is 22.2 Å². The van der Waals surface area contributed by atoms with Gasteiger partial charge in [-0.05, 0) is 18.9 Å². The van der Waals surface area contributed by atoms with Crippen molar-refractivity contribution < 1.29 is 9.59 Å². The highest BCUT2D eigenvalue weighted by molar-refractivity contribution is 5.94. The van der Waals surface area contributed by atoms with Crippen LogP contribution in [0.15, 0.2) is 30.5 Å². The number of amides is 2. The molecule has 0 spiro atoms. The SMILES string of the molecule is CC.CN(N)/C=C(\N)c1ccccc1NC(=O)CCNC(=O)C1CC1. The Morgan fingerprint density at radius 2 is 1.92 bits per heavy atom. The highest BCUT2D eigenvalue weighted by atomic mass is 16.2. The van der Waals surface area contributed by atoms with Gasteiger partial charge >= 0.3 is 0 Å². The summed E-state index contributed by atoms with van der Waals surface area (Å²) in [6.07, 6.45) is 3.69. The van der Waals surface area contributed by atoms with Crippen molar-refractivity contribution in [3.05, 3.63) is 36.0 Å². The monoisotopic (exact) mass is 347 g/mol. The van der Waals surface area contributed by atoms with Crippen molar-refractivity contribution in [3.63, 3.8) is 0 Å². The number of para-hydroxylation sites is 1. The number of hydrogen-bond donors (Lipinski definition) is 4. The van der Waals surface area contributed by atoms with Gasteiger partial charge in [0, 0.05) is 37.7 Å². The molecule has 0 radical (unpaired) electrons. The maximum absolute atomic E-state index is 12.0. The van der Waals surface area contributed by atoms with E-state index in [-0.39, 0.29) is 24.2 Å². The third-order valence-corrected chi connectivity index (χ3v) is 3.45. The molecule has 0 atom stereocenters. The summed E-state index contributed by atoms with van der Waals surface area (Å²) in [4.78, 5) is 23.5. The van der Waals surface area contributed by atoms with Crippen molar-refractivity contribution >= 4 is 23.2 Å². The Hall–Kier alpha value is -2.54. The van der Waals surface area contributed by atoms with Crippen LogP contribution >= 0.6 is 0 Å². The molecule has 1 aliphatic rings. The Morgan fingerprint density at radius 1 is 1.28 bits per heavy atom. The van der Waals surface area contributed by atoms with Gasteiger partial charge in [0.1, 0.15) is 0 Å². The summed E-state index contributed by atoms with van der Waals surface area (Å²) in [5.41, 5.74) is 7.74. The largest absolute Gasteiger partial charge is 0.397 e. The fraction of sp³-hybridized carbons (Fsp3) is 0.444. The molecule has 1 saturated carbocycles. The van der Waals surface area contributed by atoms with Crippen molar-refractivity contribution in [1.82, 2.24) is 10.3 Å². The van der Waals surface area contributed by atoms with E-state index in [1.165, 1.54) is 5.01 Å². The predicted octanol–water partition coefficient (Wildman–Crippen LogP) is 1.63. The third kappa shape index (κ3) is 7.26. The normalized spacial score (nSPS) is 13.4. The second-order valence-electron chi connectivity index (χ2n) is 5.66. The number of hydrazine groups is 1. The molecule has 0 unspecified atom stereocenters. The van der Waals surface area contributed by atoms with Gasteiger partial charge in [0.05, 0.1) is 11.4 Å². The second kappa shape index (κ2) is 10.4. The van der Waals surface area contributed by atoms with Crippen molar-refractivity contribution in [2.45, 2.75) is 33.1 Å². The summed E-state index contributed by atoms with van der Waals surface area (Å²) >= 11 is 0. The molecule has 0 heterocycles. The maximum Gasteiger partial charge on any atom is 0.226 e. The van der Waals surface area contributed by atoms with Gasteiger partial charge in [0.15, 0.2) is 0 Å². The number of anilines is 1. The minimum absolute atomic E-state index is 0.0383. The van der Waals surface area contributed by atoms with E-state index >= 15 is 0 Å². The highest BCUT2D eigenvalue weighted by Gasteiger charge is 2.29. The average molecular weight is 347 g/mol. The number of benzene rings is 1. The van der Waals surface area contributed by atoms with Gasteiger partial charge in [-0.2, -0.15) is 0 Å². The van der Waals surface area contributed by atoms with Crippen LogP contribution in [-0.2, 0) is 9.59 Å². The molecule has 1 aromatic rings. The molecule has 0 aliphatic heterocycles. The van der Waals surface area contributed by atoms with E-state index in [4.69, 9.17) is 11.6 Å². The van der Waals surface area contributed by atoms with Gasteiger partial charge in [-0.3, -0.25) is 9.59 Å². The molecule has 1 fully saturated rings. The highest BCUT2D eigenvalue weighted by Crippen LogP contribution is 2.28. The standard InChI is InChI=1S/C16H23N5O2.C2H6/c1-21(18)10-13(17)12-4-2-3-5-14(12)20-15(22)8-9-19-16(23)11-6-7-11;1-2/h2-5,10-11H,6-9,17-18H2,1H3,(H,19,23)(H,20,22);1-2H3/b13-10-;. The smallest absolute Gasteiger partial charge is 0.226 e. The van der Waals surface area contributed by atoms with Gasteiger partial charge in [-0.1, -0.05) is 32.0 Å². The first kappa shape index (κ1) is 20.5. The van der Waals surface area contributed by atoms with E-state index in [1.54, 1.807) is 25.4 Å². The van der Waals surface area contributed by atoms with E-state index in [1.807, 2.05) is 26.0 Å². The molecule has 138 valence electrons. The van der Waals surface area contributed by atoms with Crippen molar-refractivity contribution in [1.29, 1.82) is 0 Å². The maximum atomic E-state index is 12.0. The third-order valence-electron chi connectivity index (χ3n) is 3.45. The molecule has 2 amide bonds. The fourth-order valence-corrected chi connectivity index (χ4v) is 2.13. The summed E-state index contributed by atoms with van der Waals surface area (Å²) in [6, 6.07) is 7.22. The molecule has 25 heavy (non-hydrogen) atoms. The Morgan fingerprint density at radius 3 is 2.52 bits per heavy atom. The zero-order chi connectivity index (χ0) is 18.8.